The third kappa shape index (κ3) is 7.05. The van der Waals surface area contributed by atoms with Crippen molar-refractivity contribution in [2.45, 2.75) is 44.7 Å². The number of hydroxylamine groups is 2. The summed E-state index contributed by atoms with van der Waals surface area (Å²) in [5.74, 6) is -3.85. The predicted molar refractivity (Wildman–Crippen MR) is 168 cm³/mol. The zero-order valence-electron chi connectivity index (χ0n) is 25.3. The van der Waals surface area contributed by atoms with E-state index < -0.39 is 24.0 Å². The summed E-state index contributed by atoms with van der Waals surface area (Å²) in [4.78, 5) is 31.4. The lowest BCUT2D eigenvalue weighted by Crippen LogP contribution is -2.52. The van der Waals surface area contributed by atoms with Gasteiger partial charge in [0.25, 0.3) is 5.91 Å². The summed E-state index contributed by atoms with van der Waals surface area (Å²) >= 11 is 0. The zero-order valence-corrected chi connectivity index (χ0v) is 25.3. The number of alkyl halides is 3. The number of nitrogens with one attached hydrogen (secondary N) is 1. The van der Waals surface area contributed by atoms with Crippen LogP contribution in [0.1, 0.15) is 47.7 Å². The van der Waals surface area contributed by atoms with E-state index in [0.717, 1.165) is 41.8 Å². The monoisotopic (exact) mass is 630 g/mol. The molecule has 46 heavy (non-hydrogen) atoms. The van der Waals surface area contributed by atoms with Crippen molar-refractivity contribution < 1.29 is 32.3 Å². The number of H-pyrrole nitrogens is 1. The number of amides is 1. The minimum atomic E-state index is -5.22. The van der Waals surface area contributed by atoms with Crippen molar-refractivity contribution in [1.29, 1.82) is 0 Å². The molecule has 4 aromatic rings. The van der Waals surface area contributed by atoms with Gasteiger partial charge in [-0.25, -0.2) is 4.79 Å². The molecule has 1 atom stereocenters. The van der Waals surface area contributed by atoms with Crippen LogP contribution in [0.3, 0.4) is 0 Å². The number of aromatic nitrogens is 2. The number of hydrogen-bond acceptors (Lipinski definition) is 6. The number of likely N-dealkylation sites (tertiary alicyclic amines) is 1. The Hall–Kier alpha value is -4.74. The molecule has 2 aliphatic heterocycles. The summed E-state index contributed by atoms with van der Waals surface area (Å²) in [6, 6.07) is 22.8. The van der Waals surface area contributed by atoms with Gasteiger partial charge in [-0.2, -0.15) is 23.3 Å². The Balaban J connectivity index is 1.16. The van der Waals surface area contributed by atoms with Gasteiger partial charge in [0.2, 0.25) is 0 Å². The van der Waals surface area contributed by atoms with E-state index in [0.29, 0.717) is 22.3 Å². The number of nitrogens with zero attached hydrogens (tertiary/aromatic N) is 3. The number of aromatic amines is 1. The highest BCUT2D eigenvalue weighted by Gasteiger charge is 2.46. The molecule has 11 heteroatoms. The first kappa shape index (κ1) is 31.3. The van der Waals surface area contributed by atoms with Gasteiger partial charge in [-0.15, -0.1) is 0 Å². The highest BCUT2D eigenvalue weighted by Crippen LogP contribution is 2.36. The fourth-order valence-electron chi connectivity index (χ4n) is 5.75. The lowest BCUT2D eigenvalue weighted by Gasteiger charge is -2.39. The van der Waals surface area contributed by atoms with E-state index in [1.165, 1.54) is 5.56 Å². The summed E-state index contributed by atoms with van der Waals surface area (Å²) in [5.41, 5.74) is 5.29. The molecule has 238 valence electrons. The highest BCUT2D eigenvalue weighted by molar-refractivity contribution is 6.02. The summed E-state index contributed by atoms with van der Waals surface area (Å²) < 4.78 is 44.4. The number of halogens is 3. The molecule has 0 saturated carbocycles. The first-order chi connectivity index (χ1) is 22.0. The number of ether oxygens (including phenoxy) is 1. The molecular weight excluding hydrogens is 597 g/mol. The van der Waals surface area contributed by atoms with Crippen LogP contribution >= 0.6 is 0 Å². The minimum absolute atomic E-state index is 0.210. The van der Waals surface area contributed by atoms with E-state index in [-0.39, 0.29) is 18.2 Å². The van der Waals surface area contributed by atoms with Crippen LogP contribution in [0.4, 0.5) is 13.2 Å². The molecule has 1 N–H and O–H groups in total. The second-order valence-electron chi connectivity index (χ2n) is 11.8. The number of fused-ring (bicyclic) bond motifs is 1. The maximum atomic E-state index is 13.2. The van der Waals surface area contributed by atoms with E-state index in [2.05, 4.69) is 58.0 Å². The Morgan fingerprint density at radius 3 is 2.41 bits per heavy atom. The van der Waals surface area contributed by atoms with Gasteiger partial charge in [0.1, 0.15) is 0 Å². The Morgan fingerprint density at radius 2 is 1.72 bits per heavy atom. The first-order valence-corrected chi connectivity index (χ1v) is 15.0. The van der Waals surface area contributed by atoms with Crippen molar-refractivity contribution in [1.82, 2.24) is 20.2 Å². The molecule has 2 aliphatic rings. The average Bonchev–Trinajstić information content (AvgIpc) is 3.55. The molecule has 0 aliphatic carbocycles. The van der Waals surface area contributed by atoms with Crippen LogP contribution in [-0.4, -0.2) is 70.1 Å². The van der Waals surface area contributed by atoms with Crippen molar-refractivity contribution in [3.05, 3.63) is 106 Å². The maximum Gasteiger partial charge on any atom is 0.493 e. The average molecular weight is 631 g/mol. The van der Waals surface area contributed by atoms with Gasteiger partial charge in [-0.1, -0.05) is 66.7 Å². The Bertz CT molecular complexity index is 1780. The van der Waals surface area contributed by atoms with Gasteiger partial charge in [-0.05, 0) is 60.4 Å². The molecule has 2 fully saturated rings. The fourth-order valence-corrected chi connectivity index (χ4v) is 5.75. The zero-order chi connectivity index (χ0) is 32.4. The Kier molecular flexibility index (Phi) is 8.79. The Morgan fingerprint density at radius 1 is 1.00 bits per heavy atom. The summed E-state index contributed by atoms with van der Waals surface area (Å²) in [6.07, 6.45) is 0.864. The van der Waals surface area contributed by atoms with Crippen molar-refractivity contribution >= 4 is 41.0 Å². The number of benzene rings is 3. The molecule has 2 saturated heterocycles. The molecule has 1 unspecified atom stereocenters. The molecule has 0 radical (unpaired) electrons. The van der Waals surface area contributed by atoms with Crippen molar-refractivity contribution in [3.8, 4) is 0 Å². The largest absolute Gasteiger partial charge is 0.493 e. The topological polar surface area (TPSA) is 87.8 Å². The lowest BCUT2D eigenvalue weighted by atomic mass is 9.92. The minimum Gasteiger partial charge on any atom is -0.373 e. The summed E-state index contributed by atoms with van der Waals surface area (Å²) in [5, 5.41) is 8.80. The molecule has 0 spiro atoms. The highest BCUT2D eigenvalue weighted by atomic mass is 19.4. The second-order valence-corrected chi connectivity index (χ2v) is 11.8. The maximum absolute atomic E-state index is 13.2. The molecule has 1 aromatic heterocycles. The van der Waals surface area contributed by atoms with Crippen LogP contribution in [-0.2, 0) is 25.7 Å². The van der Waals surface area contributed by atoms with Gasteiger partial charge in [0.15, 0.2) is 0 Å². The molecule has 0 bridgehead atoms. The van der Waals surface area contributed by atoms with Gasteiger partial charge < -0.3 is 9.57 Å². The third-order valence-corrected chi connectivity index (χ3v) is 7.97. The number of carbonyl (C=O) groups excluding carboxylic acids is 2. The predicted octanol–water partition coefficient (Wildman–Crippen LogP) is 6.37. The van der Waals surface area contributed by atoms with Crippen LogP contribution in [0, 0.1) is 0 Å². The quantitative estimate of drug-likeness (QED) is 0.216. The molecular formula is C35H33F3N4O4. The second kappa shape index (κ2) is 12.9. The normalized spacial score (nSPS) is 18.7. The number of rotatable bonds is 9. The van der Waals surface area contributed by atoms with E-state index in [4.69, 9.17) is 4.74 Å². The number of carbonyl (C=O) groups is 2. The molecule has 6 rings (SSSR count). The van der Waals surface area contributed by atoms with E-state index in [1.807, 2.05) is 30.4 Å². The van der Waals surface area contributed by atoms with Crippen LogP contribution in [0.15, 0.2) is 78.4 Å². The van der Waals surface area contributed by atoms with Crippen LogP contribution < -0.4 is 0 Å². The van der Waals surface area contributed by atoms with E-state index in [9.17, 15) is 22.8 Å². The SMILES string of the molecule is CC(C)OC1CN(Cc2ccc(/C=C/c3n[nH]c4cc(/C=C5/C(=O)N(OC(=O)C(F)(F)F)CC5c5ccccc5)ccc34)cc2)C1. The van der Waals surface area contributed by atoms with Crippen molar-refractivity contribution in [3.63, 3.8) is 0 Å². The molecule has 3 aromatic carbocycles. The van der Waals surface area contributed by atoms with Gasteiger partial charge in [0, 0.05) is 36.5 Å². The summed E-state index contributed by atoms with van der Waals surface area (Å²) in [6.45, 7) is 6.67. The molecule has 8 nitrogen and oxygen atoms in total. The van der Waals surface area contributed by atoms with Crippen LogP contribution in [0.25, 0.3) is 29.1 Å². The van der Waals surface area contributed by atoms with Crippen LogP contribution in [0.5, 0.6) is 0 Å². The number of hydrogen-bond donors (Lipinski definition) is 1. The standard InChI is InChI=1S/C35H33F3N4O4/c1-22(2)45-27-19-41(20-27)18-24-10-8-23(9-11-24)13-15-31-28-14-12-25(17-32(28)40-39-31)16-29-30(26-6-4-3-5-7-26)21-42(33(29)43)46-34(44)35(36,37)38/h3-17,22,27,30H,18-21H2,1-2H3,(H,39,40)/b15-13+,29-16+. The van der Waals surface area contributed by atoms with Gasteiger partial charge in [-0.3, -0.25) is 14.8 Å². The Labute approximate surface area is 264 Å². The van der Waals surface area contributed by atoms with Crippen molar-refractivity contribution in [2.24, 2.45) is 0 Å². The van der Waals surface area contributed by atoms with Gasteiger partial charge in [0.05, 0.1) is 30.0 Å². The molecule has 3 heterocycles. The van der Waals surface area contributed by atoms with Crippen LogP contribution in [0.2, 0.25) is 0 Å². The van der Waals surface area contributed by atoms with E-state index >= 15 is 0 Å². The van der Waals surface area contributed by atoms with Gasteiger partial charge >= 0.3 is 12.1 Å². The first-order valence-electron chi connectivity index (χ1n) is 15.0. The van der Waals surface area contributed by atoms with E-state index in [1.54, 1.807) is 36.4 Å². The fraction of sp³-hybridized carbons (Fsp3) is 0.286. The lowest BCUT2D eigenvalue weighted by molar-refractivity contribution is -0.233. The third-order valence-electron chi connectivity index (χ3n) is 7.97. The van der Waals surface area contributed by atoms with Crippen molar-refractivity contribution in [2.75, 3.05) is 19.6 Å². The molecule has 1 amide bonds. The summed E-state index contributed by atoms with van der Waals surface area (Å²) in [7, 11) is 0. The smallest absolute Gasteiger partial charge is 0.373 e.